The second-order valence-corrected chi connectivity index (χ2v) is 17.4. The number of primary amides is 1. The van der Waals surface area contributed by atoms with E-state index >= 15 is 0 Å². The SMILES string of the molecule is CC(C)[C@H](CC(=O)CCOCCOCCOCCOCCOCCOCCOCCOCC=NC(=O)OCC1c2ccccc2-c2ccccc21)C(=O)N[C@@H](CCCNC(N)=O)C(=O)Cc1ccc(CO)cc1. The number of hydrogen-bond acceptors (Lipinski definition) is 15. The summed E-state index contributed by atoms with van der Waals surface area (Å²) in [4.78, 5) is 66.8. The average molecular weight is 1020 g/mol. The quantitative estimate of drug-likeness (QED) is 0.0431. The summed E-state index contributed by atoms with van der Waals surface area (Å²) in [5.41, 5.74) is 11.3. The van der Waals surface area contributed by atoms with Crippen molar-refractivity contribution in [2.75, 3.05) is 119 Å². The van der Waals surface area contributed by atoms with E-state index in [2.05, 4.69) is 39.9 Å². The fraction of sp³-hybridized carbons (Fsp3) is 0.556. The lowest BCUT2D eigenvalue weighted by Gasteiger charge is -2.24. The fourth-order valence-electron chi connectivity index (χ4n) is 7.78. The van der Waals surface area contributed by atoms with Gasteiger partial charge in [0.15, 0.2) is 5.78 Å². The van der Waals surface area contributed by atoms with E-state index in [1.807, 2.05) is 38.1 Å². The molecular weight excluding hydrogens is 945 g/mol. The Balaban J connectivity index is 0.888. The van der Waals surface area contributed by atoms with Gasteiger partial charge in [-0.25, -0.2) is 9.59 Å². The summed E-state index contributed by atoms with van der Waals surface area (Å²) >= 11 is 0. The summed E-state index contributed by atoms with van der Waals surface area (Å²) in [7, 11) is 0. The highest BCUT2D eigenvalue weighted by Crippen LogP contribution is 2.44. The van der Waals surface area contributed by atoms with E-state index < -0.39 is 24.1 Å². The van der Waals surface area contributed by atoms with Crippen molar-refractivity contribution in [3.8, 4) is 11.1 Å². The molecule has 3 aromatic rings. The van der Waals surface area contributed by atoms with E-state index in [4.69, 9.17) is 48.4 Å². The second-order valence-electron chi connectivity index (χ2n) is 17.4. The van der Waals surface area contributed by atoms with Gasteiger partial charge in [-0.3, -0.25) is 14.4 Å². The number of urea groups is 1. The molecule has 4 amide bonds. The van der Waals surface area contributed by atoms with Crippen LogP contribution in [-0.4, -0.2) is 166 Å². The van der Waals surface area contributed by atoms with Crippen molar-refractivity contribution < 1.29 is 71.7 Å². The van der Waals surface area contributed by atoms with Crippen LogP contribution in [0.4, 0.5) is 9.59 Å². The first-order valence-electron chi connectivity index (χ1n) is 25.1. The molecule has 0 radical (unpaired) electrons. The number of aliphatic hydroxyl groups excluding tert-OH is 1. The van der Waals surface area contributed by atoms with Gasteiger partial charge in [-0.15, -0.1) is 0 Å². The average Bonchev–Trinajstić information content (AvgIpc) is 3.71. The highest BCUT2D eigenvalue weighted by atomic mass is 16.6. The molecule has 0 fully saturated rings. The number of carbonyl (C=O) groups excluding carboxylic acids is 5. The summed E-state index contributed by atoms with van der Waals surface area (Å²) in [6, 6.07) is 21.8. The lowest BCUT2D eigenvalue weighted by Crippen LogP contribution is -2.46. The Morgan fingerprint density at radius 1 is 0.658 bits per heavy atom. The van der Waals surface area contributed by atoms with E-state index in [-0.39, 0.29) is 88.0 Å². The maximum atomic E-state index is 13.4. The Morgan fingerprint density at radius 2 is 1.14 bits per heavy atom. The number of carbonyl (C=O) groups is 5. The Kier molecular flexibility index (Phi) is 30.0. The molecule has 19 nitrogen and oxygen atoms in total. The lowest BCUT2D eigenvalue weighted by atomic mass is 9.88. The van der Waals surface area contributed by atoms with Crippen molar-refractivity contribution >= 4 is 35.8 Å². The van der Waals surface area contributed by atoms with Crippen molar-refractivity contribution in [2.24, 2.45) is 22.6 Å². The van der Waals surface area contributed by atoms with Gasteiger partial charge < -0.3 is 64.1 Å². The normalized spacial score (nSPS) is 12.9. The number of nitrogens with zero attached hydrogens (tertiary/aromatic N) is 1. The Morgan fingerprint density at radius 3 is 1.63 bits per heavy atom. The molecule has 4 rings (SSSR count). The number of benzene rings is 3. The number of rotatable bonds is 41. The molecular formula is C54H76N4O15. The minimum atomic E-state index is -0.825. The predicted molar refractivity (Wildman–Crippen MR) is 273 cm³/mol. The summed E-state index contributed by atoms with van der Waals surface area (Å²) in [6.45, 7) is 9.89. The van der Waals surface area contributed by atoms with Gasteiger partial charge in [-0.2, -0.15) is 4.99 Å². The number of amides is 4. The number of hydrogen-bond donors (Lipinski definition) is 4. The van der Waals surface area contributed by atoms with Crippen LogP contribution in [0.25, 0.3) is 11.1 Å². The van der Waals surface area contributed by atoms with Crippen molar-refractivity contribution in [1.82, 2.24) is 10.6 Å². The Hall–Kier alpha value is -5.48. The van der Waals surface area contributed by atoms with Crippen LogP contribution in [0, 0.1) is 11.8 Å². The zero-order chi connectivity index (χ0) is 52.3. The number of ether oxygens (including phenoxy) is 9. The summed E-state index contributed by atoms with van der Waals surface area (Å²) in [5.74, 6) is -1.54. The molecule has 0 unspecified atom stereocenters. The van der Waals surface area contributed by atoms with Crippen LogP contribution >= 0.6 is 0 Å². The highest BCUT2D eigenvalue weighted by molar-refractivity contribution is 5.93. The summed E-state index contributed by atoms with van der Waals surface area (Å²) in [6.07, 6.45) is 1.63. The topological polar surface area (TPSA) is 251 Å². The van der Waals surface area contributed by atoms with Gasteiger partial charge in [0.05, 0.1) is 118 Å². The third-order valence-electron chi connectivity index (χ3n) is 11.7. The molecule has 0 aliphatic heterocycles. The van der Waals surface area contributed by atoms with E-state index in [0.717, 1.165) is 22.3 Å². The van der Waals surface area contributed by atoms with Crippen LogP contribution in [0.1, 0.15) is 67.7 Å². The van der Waals surface area contributed by atoms with Gasteiger partial charge in [0.1, 0.15) is 12.4 Å². The third kappa shape index (κ3) is 24.4. The fourth-order valence-corrected chi connectivity index (χ4v) is 7.78. The van der Waals surface area contributed by atoms with Gasteiger partial charge >= 0.3 is 12.1 Å². The maximum Gasteiger partial charge on any atom is 0.433 e. The number of ketones is 2. The smallest absolute Gasteiger partial charge is 0.433 e. The first kappa shape index (κ1) is 60.1. The van der Waals surface area contributed by atoms with E-state index in [0.29, 0.717) is 98.9 Å². The van der Waals surface area contributed by atoms with Crippen LogP contribution in [0.2, 0.25) is 0 Å². The first-order chi connectivity index (χ1) is 35.6. The van der Waals surface area contributed by atoms with E-state index in [1.165, 1.54) is 17.3 Å². The van der Waals surface area contributed by atoms with Gasteiger partial charge in [-0.1, -0.05) is 86.6 Å². The van der Waals surface area contributed by atoms with Crippen LogP contribution in [-0.2, 0) is 70.0 Å². The van der Waals surface area contributed by atoms with Crippen molar-refractivity contribution in [2.45, 2.75) is 64.5 Å². The minimum absolute atomic E-state index is 0.00630. The molecule has 2 atom stereocenters. The molecule has 0 spiro atoms. The molecule has 0 saturated heterocycles. The van der Waals surface area contributed by atoms with Crippen molar-refractivity contribution in [1.29, 1.82) is 0 Å². The highest BCUT2D eigenvalue weighted by Gasteiger charge is 2.30. The molecule has 5 N–H and O–H groups in total. The lowest BCUT2D eigenvalue weighted by molar-refractivity contribution is -0.134. The molecule has 0 bridgehead atoms. The molecule has 73 heavy (non-hydrogen) atoms. The molecule has 0 saturated carbocycles. The number of aliphatic hydroxyl groups is 1. The Bertz CT molecular complexity index is 2060. The van der Waals surface area contributed by atoms with Gasteiger partial charge in [0.2, 0.25) is 5.91 Å². The van der Waals surface area contributed by atoms with E-state index in [1.54, 1.807) is 24.3 Å². The number of nitrogens with two attached hydrogens (primary N) is 1. The van der Waals surface area contributed by atoms with Gasteiger partial charge in [0.25, 0.3) is 0 Å². The molecule has 1 aliphatic carbocycles. The maximum absolute atomic E-state index is 13.4. The van der Waals surface area contributed by atoms with Crippen LogP contribution in [0.5, 0.6) is 0 Å². The van der Waals surface area contributed by atoms with Crippen LogP contribution in [0.3, 0.4) is 0 Å². The molecule has 3 aromatic carbocycles. The number of fused-ring (bicyclic) bond motifs is 3. The van der Waals surface area contributed by atoms with Gasteiger partial charge in [0, 0.05) is 43.9 Å². The minimum Gasteiger partial charge on any atom is -0.447 e. The molecule has 19 heteroatoms. The monoisotopic (exact) mass is 1020 g/mol. The van der Waals surface area contributed by atoms with Crippen molar-refractivity contribution in [3.63, 3.8) is 0 Å². The summed E-state index contributed by atoms with van der Waals surface area (Å²) < 4.78 is 49.6. The Labute approximate surface area is 429 Å². The van der Waals surface area contributed by atoms with Gasteiger partial charge in [-0.05, 0) is 52.1 Å². The molecule has 1 aliphatic rings. The number of nitrogens with one attached hydrogen (secondary N) is 2. The zero-order valence-corrected chi connectivity index (χ0v) is 42.5. The zero-order valence-electron chi connectivity index (χ0n) is 42.5. The first-order valence-corrected chi connectivity index (χ1v) is 25.1. The van der Waals surface area contributed by atoms with Crippen molar-refractivity contribution in [3.05, 3.63) is 95.1 Å². The number of Topliss-reactive ketones (excluding diaryl/α,β-unsaturated/α-hetero) is 2. The van der Waals surface area contributed by atoms with Crippen LogP contribution < -0.4 is 16.4 Å². The molecule has 402 valence electrons. The van der Waals surface area contributed by atoms with Crippen LogP contribution in [0.15, 0.2) is 77.8 Å². The van der Waals surface area contributed by atoms with E-state index in [9.17, 15) is 29.1 Å². The standard InChI is InChI=1S/C54H76N4O15/c1-40(2)48(52(62)58-50(12-7-18-56-53(55)63)51(61)36-41-13-15-42(38-59)16-14-41)37-43(60)17-20-65-22-24-67-26-28-69-30-32-71-34-35-72-33-31-70-29-27-68-25-23-66-21-19-57-54(64)73-39-49-46-10-5-3-8-44(46)45-9-4-6-11-47(45)49/h3-6,8-11,13-16,19,40,48-50,59H,7,12,17-18,20-39H2,1-2H3,(H,58,62)(H3,55,56,63)/t48-,50-/m0/s1. The molecule has 0 heterocycles. The number of aliphatic imine (C=N–C) groups is 1. The largest absolute Gasteiger partial charge is 0.447 e. The molecule has 0 aromatic heterocycles. The second kappa shape index (κ2) is 36.4. The third-order valence-corrected chi connectivity index (χ3v) is 11.7. The predicted octanol–water partition coefficient (Wildman–Crippen LogP) is 5.00. The summed E-state index contributed by atoms with van der Waals surface area (Å²) in [5, 5.41) is 14.7.